The van der Waals surface area contributed by atoms with Crippen LogP contribution in [0.5, 0.6) is 0 Å². The summed E-state index contributed by atoms with van der Waals surface area (Å²) in [6.07, 6.45) is 4.61. The average Bonchev–Trinajstić information content (AvgIpc) is 2.41. The predicted octanol–water partition coefficient (Wildman–Crippen LogP) is 2.04. The van der Waals surface area contributed by atoms with Crippen molar-refractivity contribution in [3.05, 3.63) is 23.9 Å². The van der Waals surface area contributed by atoms with Gasteiger partial charge in [0.15, 0.2) is 0 Å². The third-order valence-corrected chi connectivity index (χ3v) is 3.84. The highest BCUT2D eigenvalue weighted by Gasteiger charge is 2.20. The first kappa shape index (κ1) is 14.3. The second-order valence-corrected chi connectivity index (χ2v) is 5.56. The van der Waals surface area contributed by atoms with Gasteiger partial charge >= 0.3 is 0 Å². The van der Waals surface area contributed by atoms with Gasteiger partial charge in [-0.25, -0.2) is 4.98 Å². The van der Waals surface area contributed by atoms with Gasteiger partial charge in [-0.2, -0.15) is 0 Å². The van der Waals surface area contributed by atoms with Crippen LogP contribution in [0.25, 0.3) is 0 Å². The van der Waals surface area contributed by atoms with E-state index in [4.69, 9.17) is 0 Å². The molecule has 2 heterocycles. The number of nitrogens with zero attached hydrogens (tertiary/aromatic N) is 3. The Balaban J connectivity index is 1.88. The normalized spacial score (nSPS) is 20.7. The molecule has 1 aromatic heterocycles. The highest BCUT2D eigenvalue weighted by Crippen LogP contribution is 2.16. The van der Waals surface area contributed by atoms with Crippen LogP contribution in [0.2, 0.25) is 0 Å². The van der Waals surface area contributed by atoms with Crippen molar-refractivity contribution in [1.82, 2.24) is 14.8 Å². The Morgan fingerprint density at radius 3 is 2.95 bits per heavy atom. The molecule has 1 atom stereocenters. The quantitative estimate of drug-likeness (QED) is 0.880. The SMILES string of the molecule is CCNc1ccc(CN(C)C2CCCN(C)C2)cn1. The summed E-state index contributed by atoms with van der Waals surface area (Å²) in [7, 11) is 4.44. The lowest BCUT2D eigenvalue weighted by Gasteiger charge is -2.35. The number of anilines is 1. The van der Waals surface area contributed by atoms with E-state index in [0.29, 0.717) is 6.04 Å². The van der Waals surface area contributed by atoms with Crippen LogP contribution < -0.4 is 5.32 Å². The molecule has 1 aliphatic heterocycles. The van der Waals surface area contributed by atoms with E-state index in [1.165, 1.54) is 31.5 Å². The van der Waals surface area contributed by atoms with E-state index in [1.807, 2.05) is 6.20 Å². The summed E-state index contributed by atoms with van der Waals surface area (Å²) >= 11 is 0. The van der Waals surface area contributed by atoms with Gasteiger partial charge in [-0.1, -0.05) is 6.07 Å². The lowest BCUT2D eigenvalue weighted by molar-refractivity contribution is 0.129. The molecule has 1 aromatic rings. The van der Waals surface area contributed by atoms with E-state index < -0.39 is 0 Å². The van der Waals surface area contributed by atoms with Gasteiger partial charge in [0.1, 0.15) is 5.82 Å². The largest absolute Gasteiger partial charge is 0.370 e. The lowest BCUT2D eigenvalue weighted by atomic mass is 10.0. The molecule has 0 amide bonds. The van der Waals surface area contributed by atoms with Crippen molar-refractivity contribution < 1.29 is 0 Å². The van der Waals surface area contributed by atoms with E-state index in [0.717, 1.165) is 18.9 Å². The molecule has 0 spiro atoms. The average molecular weight is 262 g/mol. The van der Waals surface area contributed by atoms with Crippen LogP contribution in [0.3, 0.4) is 0 Å². The summed E-state index contributed by atoms with van der Waals surface area (Å²) in [5.41, 5.74) is 1.29. The fraction of sp³-hybridized carbons (Fsp3) is 0.667. The van der Waals surface area contributed by atoms with Crippen molar-refractivity contribution in [1.29, 1.82) is 0 Å². The molecule has 106 valence electrons. The Morgan fingerprint density at radius 1 is 1.47 bits per heavy atom. The first-order valence-electron chi connectivity index (χ1n) is 7.26. The van der Waals surface area contributed by atoms with Crippen LogP contribution in [-0.4, -0.2) is 54.6 Å². The first-order chi connectivity index (χ1) is 9.19. The predicted molar refractivity (Wildman–Crippen MR) is 80.4 cm³/mol. The van der Waals surface area contributed by atoms with Gasteiger partial charge in [-0.15, -0.1) is 0 Å². The number of piperidine rings is 1. The van der Waals surface area contributed by atoms with Crippen molar-refractivity contribution in [3.8, 4) is 0 Å². The number of rotatable bonds is 5. The van der Waals surface area contributed by atoms with Gasteiger partial charge in [-0.3, -0.25) is 4.90 Å². The third-order valence-electron chi connectivity index (χ3n) is 3.84. The lowest BCUT2D eigenvalue weighted by Crippen LogP contribution is -2.44. The van der Waals surface area contributed by atoms with Crippen LogP contribution in [-0.2, 0) is 6.54 Å². The van der Waals surface area contributed by atoms with Gasteiger partial charge in [0.05, 0.1) is 0 Å². The monoisotopic (exact) mass is 262 g/mol. The number of hydrogen-bond acceptors (Lipinski definition) is 4. The molecule has 1 unspecified atom stereocenters. The summed E-state index contributed by atoms with van der Waals surface area (Å²) in [6.45, 7) is 6.41. The summed E-state index contributed by atoms with van der Waals surface area (Å²) in [5, 5.41) is 3.23. The molecule has 0 saturated carbocycles. The highest BCUT2D eigenvalue weighted by atomic mass is 15.2. The molecule has 1 N–H and O–H groups in total. The summed E-state index contributed by atoms with van der Waals surface area (Å²) in [5.74, 6) is 0.964. The Morgan fingerprint density at radius 2 is 2.32 bits per heavy atom. The Hall–Kier alpha value is -1.13. The second kappa shape index (κ2) is 6.87. The summed E-state index contributed by atoms with van der Waals surface area (Å²) in [4.78, 5) is 9.32. The Kier molecular flexibility index (Phi) is 5.16. The van der Waals surface area contributed by atoms with E-state index in [9.17, 15) is 0 Å². The molecule has 0 aliphatic carbocycles. The maximum Gasteiger partial charge on any atom is 0.125 e. The fourth-order valence-electron chi connectivity index (χ4n) is 2.72. The van der Waals surface area contributed by atoms with Crippen LogP contribution in [0.15, 0.2) is 18.3 Å². The van der Waals surface area contributed by atoms with Gasteiger partial charge in [0, 0.05) is 31.9 Å². The molecule has 0 radical (unpaired) electrons. The Bertz CT molecular complexity index is 376. The smallest absolute Gasteiger partial charge is 0.125 e. The second-order valence-electron chi connectivity index (χ2n) is 5.56. The maximum atomic E-state index is 4.43. The number of pyridine rings is 1. The molecular weight excluding hydrogens is 236 g/mol. The summed E-state index contributed by atoms with van der Waals surface area (Å²) in [6, 6.07) is 4.92. The van der Waals surface area contributed by atoms with Gasteiger partial charge in [-0.05, 0) is 52.0 Å². The highest BCUT2D eigenvalue weighted by molar-refractivity contribution is 5.35. The Labute approximate surface area is 116 Å². The first-order valence-corrected chi connectivity index (χ1v) is 7.26. The molecule has 4 nitrogen and oxygen atoms in total. The van der Waals surface area contributed by atoms with E-state index >= 15 is 0 Å². The van der Waals surface area contributed by atoms with Gasteiger partial charge < -0.3 is 10.2 Å². The van der Waals surface area contributed by atoms with Crippen LogP contribution in [0, 0.1) is 0 Å². The van der Waals surface area contributed by atoms with Crippen LogP contribution in [0.1, 0.15) is 25.3 Å². The molecule has 1 aliphatic rings. The molecule has 2 rings (SSSR count). The topological polar surface area (TPSA) is 31.4 Å². The minimum absolute atomic E-state index is 0.673. The number of hydrogen-bond donors (Lipinski definition) is 1. The zero-order valence-corrected chi connectivity index (χ0v) is 12.4. The standard InChI is InChI=1S/C15H26N4/c1-4-16-15-8-7-13(10-17-15)11-19(3)14-6-5-9-18(2)12-14/h7-8,10,14H,4-6,9,11-12H2,1-3H3,(H,16,17). The van der Waals surface area contributed by atoms with Crippen molar-refractivity contribution in [2.45, 2.75) is 32.4 Å². The number of likely N-dealkylation sites (N-methyl/N-ethyl adjacent to an activating group) is 2. The van der Waals surface area contributed by atoms with E-state index in [2.05, 4.69) is 53.3 Å². The number of likely N-dealkylation sites (tertiary alicyclic amines) is 1. The van der Waals surface area contributed by atoms with E-state index in [-0.39, 0.29) is 0 Å². The van der Waals surface area contributed by atoms with Crippen molar-refractivity contribution in [2.75, 3.05) is 39.0 Å². The number of aromatic nitrogens is 1. The van der Waals surface area contributed by atoms with E-state index in [1.54, 1.807) is 0 Å². The third kappa shape index (κ3) is 4.18. The molecule has 1 fully saturated rings. The minimum Gasteiger partial charge on any atom is -0.370 e. The number of nitrogens with one attached hydrogen (secondary N) is 1. The van der Waals surface area contributed by atoms with Gasteiger partial charge in [0.2, 0.25) is 0 Å². The molecular formula is C15H26N4. The zero-order valence-electron chi connectivity index (χ0n) is 12.4. The van der Waals surface area contributed by atoms with Crippen molar-refractivity contribution >= 4 is 5.82 Å². The van der Waals surface area contributed by atoms with Gasteiger partial charge in [0.25, 0.3) is 0 Å². The van der Waals surface area contributed by atoms with Crippen molar-refractivity contribution in [2.24, 2.45) is 0 Å². The maximum absolute atomic E-state index is 4.43. The fourth-order valence-corrected chi connectivity index (χ4v) is 2.72. The molecule has 4 heteroatoms. The molecule has 19 heavy (non-hydrogen) atoms. The minimum atomic E-state index is 0.673. The van der Waals surface area contributed by atoms with Crippen LogP contribution >= 0.6 is 0 Å². The molecule has 1 saturated heterocycles. The molecule has 0 aromatic carbocycles. The van der Waals surface area contributed by atoms with Crippen LogP contribution in [0.4, 0.5) is 5.82 Å². The van der Waals surface area contributed by atoms with Crippen molar-refractivity contribution in [3.63, 3.8) is 0 Å². The molecule has 0 bridgehead atoms. The summed E-state index contributed by atoms with van der Waals surface area (Å²) < 4.78 is 0. The zero-order chi connectivity index (χ0) is 13.7.